The van der Waals surface area contributed by atoms with Crippen LogP contribution in [-0.4, -0.2) is 35.9 Å². The summed E-state index contributed by atoms with van der Waals surface area (Å²) < 4.78 is 52.2. The first-order valence-electron chi connectivity index (χ1n) is 6.74. The number of benzene rings is 1. The highest BCUT2D eigenvalue weighted by atomic mass is 19.3. The molecule has 9 heteroatoms. The van der Waals surface area contributed by atoms with Crippen molar-refractivity contribution >= 4 is 23.3 Å². The van der Waals surface area contributed by atoms with Crippen LogP contribution < -0.4 is 10.6 Å². The first-order valence-corrected chi connectivity index (χ1v) is 6.74. The van der Waals surface area contributed by atoms with Gasteiger partial charge in [-0.15, -0.1) is 0 Å². The standard InChI is InChI=1S/C14H17F4N3O2/c1-7(2)21(6-13(17)18)14(23)20-12-5-11(19-8(3)22)9(15)4-10(12)16/h4-5,7,13H,6H2,1-3H3,(H,19,22)(H,20,23). The van der Waals surface area contributed by atoms with Crippen molar-refractivity contribution in [2.45, 2.75) is 33.2 Å². The third kappa shape index (κ3) is 5.42. The number of carbonyl (C=O) groups excluding carboxylic acids is 2. The van der Waals surface area contributed by atoms with Gasteiger partial charge in [0, 0.05) is 19.0 Å². The zero-order chi connectivity index (χ0) is 17.7. The second kappa shape index (κ2) is 7.80. The molecule has 0 bridgehead atoms. The molecular weight excluding hydrogens is 318 g/mol. The zero-order valence-corrected chi connectivity index (χ0v) is 12.8. The Labute approximate surface area is 130 Å². The van der Waals surface area contributed by atoms with Gasteiger partial charge in [-0.1, -0.05) is 0 Å². The molecule has 0 radical (unpaired) electrons. The smallest absolute Gasteiger partial charge is 0.322 e. The Balaban J connectivity index is 3.02. The van der Waals surface area contributed by atoms with Crippen molar-refractivity contribution in [1.82, 2.24) is 4.90 Å². The van der Waals surface area contributed by atoms with Crippen LogP contribution in [0.1, 0.15) is 20.8 Å². The minimum Gasteiger partial charge on any atom is -0.324 e. The molecule has 1 rings (SSSR count). The van der Waals surface area contributed by atoms with E-state index in [-0.39, 0.29) is 5.69 Å². The van der Waals surface area contributed by atoms with Crippen LogP contribution in [0, 0.1) is 11.6 Å². The molecule has 0 aliphatic carbocycles. The Bertz CT molecular complexity index is 594. The maximum absolute atomic E-state index is 13.7. The Morgan fingerprint density at radius 3 is 2.04 bits per heavy atom. The van der Waals surface area contributed by atoms with E-state index in [2.05, 4.69) is 10.6 Å². The van der Waals surface area contributed by atoms with Gasteiger partial charge in [0.1, 0.15) is 11.6 Å². The summed E-state index contributed by atoms with van der Waals surface area (Å²) in [4.78, 5) is 23.8. The highest BCUT2D eigenvalue weighted by Crippen LogP contribution is 2.24. The van der Waals surface area contributed by atoms with Crippen LogP contribution in [0.3, 0.4) is 0 Å². The predicted octanol–water partition coefficient (Wildman–Crippen LogP) is 3.43. The van der Waals surface area contributed by atoms with E-state index in [4.69, 9.17) is 0 Å². The molecule has 0 aliphatic heterocycles. The zero-order valence-electron chi connectivity index (χ0n) is 12.8. The molecule has 3 amide bonds. The van der Waals surface area contributed by atoms with Gasteiger partial charge < -0.3 is 15.5 Å². The molecule has 0 saturated carbocycles. The molecule has 23 heavy (non-hydrogen) atoms. The SMILES string of the molecule is CC(=O)Nc1cc(NC(=O)N(CC(F)F)C(C)C)c(F)cc1F. The maximum atomic E-state index is 13.7. The topological polar surface area (TPSA) is 61.4 Å². The van der Waals surface area contributed by atoms with Crippen LogP contribution in [-0.2, 0) is 4.79 Å². The van der Waals surface area contributed by atoms with Gasteiger partial charge in [-0.25, -0.2) is 22.4 Å². The molecular formula is C14H17F4N3O2. The summed E-state index contributed by atoms with van der Waals surface area (Å²) in [5.74, 6) is -2.70. The van der Waals surface area contributed by atoms with Gasteiger partial charge in [0.05, 0.1) is 17.9 Å². The van der Waals surface area contributed by atoms with Gasteiger partial charge in [-0.2, -0.15) is 0 Å². The monoisotopic (exact) mass is 335 g/mol. The number of anilines is 2. The minimum atomic E-state index is -2.75. The average molecular weight is 335 g/mol. The number of urea groups is 1. The fourth-order valence-corrected chi connectivity index (χ4v) is 1.79. The number of hydrogen-bond acceptors (Lipinski definition) is 2. The van der Waals surface area contributed by atoms with Crippen molar-refractivity contribution < 1.29 is 27.2 Å². The summed E-state index contributed by atoms with van der Waals surface area (Å²) in [6.45, 7) is 3.34. The van der Waals surface area contributed by atoms with Crippen LogP contribution in [0.2, 0.25) is 0 Å². The molecule has 128 valence electrons. The van der Waals surface area contributed by atoms with E-state index < -0.39 is 48.3 Å². The van der Waals surface area contributed by atoms with E-state index in [9.17, 15) is 27.2 Å². The van der Waals surface area contributed by atoms with Crippen molar-refractivity contribution in [3.8, 4) is 0 Å². The van der Waals surface area contributed by atoms with Gasteiger partial charge in [-0.3, -0.25) is 4.79 Å². The van der Waals surface area contributed by atoms with Gasteiger partial charge >= 0.3 is 6.03 Å². The average Bonchev–Trinajstić information content (AvgIpc) is 2.40. The highest BCUT2D eigenvalue weighted by Gasteiger charge is 2.22. The van der Waals surface area contributed by atoms with Crippen LogP contribution in [0.4, 0.5) is 33.7 Å². The van der Waals surface area contributed by atoms with E-state index >= 15 is 0 Å². The predicted molar refractivity (Wildman–Crippen MR) is 77.5 cm³/mol. The third-order valence-corrected chi connectivity index (χ3v) is 2.83. The maximum Gasteiger partial charge on any atom is 0.322 e. The molecule has 1 aromatic rings. The largest absolute Gasteiger partial charge is 0.324 e. The van der Waals surface area contributed by atoms with Gasteiger partial charge in [0.25, 0.3) is 6.43 Å². The quantitative estimate of drug-likeness (QED) is 0.810. The molecule has 0 spiro atoms. The van der Waals surface area contributed by atoms with Crippen LogP contribution in [0.25, 0.3) is 0 Å². The lowest BCUT2D eigenvalue weighted by molar-refractivity contribution is -0.114. The number of nitrogens with one attached hydrogen (secondary N) is 2. The van der Waals surface area contributed by atoms with Crippen molar-refractivity contribution in [1.29, 1.82) is 0 Å². The number of alkyl halides is 2. The first-order chi connectivity index (χ1) is 10.6. The van der Waals surface area contributed by atoms with Crippen molar-refractivity contribution in [2.75, 3.05) is 17.2 Å². The minimum absolute atomic E-state index is 0.334. The number of carbonyl (C=O) groups is 2. The molecule has 0 aromatic heterocycles. The molecule has 1 aromatic carbocycles. The van der Waals surface area contributed by atoms with Gasteiger partial charge in [0.15, 0.2) is 0 Å². The highest BCUT2D eigenvalue weighted by molar-refractivity contribution is 5.93. The van der Waals surface area contributed by atoms with Crippen LogP contribution in [0.5, 0.6) is 0 Å². The van der Waals surface area contributed by atoms with Crippen molar-refractivity contribution in [2.24, 2.45) is 0 Å². The fourth-order valence-electron chi connectivity index (χ4n) is 1.79. The number of rotatable bonds is 5. The number of amides is 3. The molecule has 0 fully saturated rings. The lowest BCUT2D eigenvalue weighted by Gasteiger charge is -2.26. The van der Waals surface area contributed by atoms with E-state index in [0.29, 0.717) is 6.07 Å². The normalized spacial score (nSPS) is 10.8. The summed E-state index contributed by atoms with van der Waals surface area (Å²) in [7, 11) is 0. The Morgan fingerprint density at radius 1 is 1.09 bits per heavy atom. The molecule has 0 aliphatic rings. The lowest BCUT2D eigenvalue weighted by Crippen LogP contribution is -2.43. The summed E-state index contributed by atoms with van der Waals surface area (Å²) in [5.41, 5.74) is -0.765. The lowest BCUT2D eigenvalue weighted by atomic mass is 10.2. The van der Waals surface area contributed by atoms with Crippen LogP contribution in [0.15, 0.2) is 12.1 Å². The Morgan fingerprint density at radius 2 is 1.61 bits per heavy atom. The van der Waals surface area contributed by atoms with Gasteiger partial charge in [-0.05, 0) is 19.9 Å². The van der Waals surface area contributed by atoms with E-state index in [1.807, 2.05) is 0 Å². The number of halogens is 4. The number of hydrogen-bond donors (Lipinski definition) is 2. The first kappa shape index (κ1) is 18.7. The van der Waals surface area contributed by atoms with Crippen molar-refractivity contribution in [3.63, 3.8) is 0 Å². The third-order valence-electron chi connectivity index (χ3n) is 2.83. The summed E-state index contributed by atoms with van der Waals surface area (Å²) >= 11 is 0. The second-order valence-electron chi connectivity index (χ2n) is 5.06. The van der Waals surface area contributed by atoms with Crippen molar-refractivity contribution in [3.05, 3.63) is 23.8 Å². The van der Waals surface area contributed by atoms with Gasteiger partial charge in [0.2, 0.25) is 5.91 Å². The molecule has 2 N–H and O–H groups in total. The van der Waals surface area contributed by atoms with E-state index in [1.54, 1.807) is 0 Å². The summed E-state index contributed by atoms with van der Waals surface area (Å²) in [5, 5.41) is 4.23. The molecule has 0 saturated heterocycles. The Kier molecular flexibility index (Phi) is 6.35. The molecule has 5 nitrogen and oxygen atoms in total. The number of nitrogens with zero attached hydrogens (tertiary/aromatic N) is 1. The summed E-state index contributed by atoms with van der Waals surface area (Å²) in [6.07, 6.45) is -2.75. The van der Waals surface area contributed by atoms with E-state index in [0.717, 1.165) is 17.9 Å². The Hall–Kier alpha value is -2.32. The second-order valence-corrected chi connectivity index (χ2v) is 5.06. The molecule has 0 atom stereocenters. The van der Waals surface area contributed by atoms with Crippen LogP contribution >= 0.6 is 0 Å². The van der Waals surface area contributed by atoms with E-state index in [1.165, 1.54) is 13.8 Å². The fraction of sp³-hybridized carbons (Fsp3) is 0.429. The molecule has 0 heterocycles. The summed E-state index contributed by atoms with van der Waals surface area (Å²) in [6, 6.07) is -0.152. The molecule has 0 unspecified atom stereocenters.